The van der Waals surface area contributed by atoms with Crippen LogP contribution in [-0.4, -0.2) is 68.5 Å². The molecule has 0 spiro atoms. The lowest BCUT2D eigenvalue weighted by molar-refractivity contribution is -0.870. The Morgan fingerprint density at radius 1 is 0.554 bits per heavy atom. The summed E-state index contributed by atoms with van der Waals surface area (Å²) in [6, 6.07) is -0.903. The van der Waals surface area contributed by atoms with E-state index in [9.17, 15) is 19.4 Å². The second kappa shape index (κ2) is 47.5. The number of hydrogen-bond acceptors (Lipinski definition) is 6. The maximum Gasteiger partial charge on any atom is 0.268 e. The third-order valence-corrected chi connectivity index (χ3v) is 13.3. The molecule has 0 aromatic rings. The van der Waals surface area contributed by atoms with Gasteiger partial charge in [-0.1, -0.05) is 242 Å². The van der Waals surface area contributed by atoms with Crippen LogP contribution in [0.1, 0.15) is 251 Å². The van der Waals surface area contributed by atoms with Crippen LogP contribution in [0.25, 0.3) is 0 Å². The minimum atomic E-state index is -4.60. The van der Waals surface area contributed by atoms with Crippen LogP contribution in [0.15, 0.2) is 48.6 Å². The van der Waals surface area contributed by atoms with E-state index in [1.165, 1.54) is 167 Å². The molecule has 8 nitrogen and oxygen atoms in total. The quantitative estimate of drug-likeness (QED) is 0.0272. The third-order valence-electron chi connectivity index (χ3n) is 12.3. The summed E-state index contributed by atoms with van der Waals surface area (Å²) in [7, 11) is 1.24. The first kappa shape index (κ1) is 63.5. The number of phosphoric ester groups is 1. The number of nitrogens with zero attached hydrogens (tertiary/aromatic N) is 1. The van der Waals surface area contributed by atoms with E-state index in [0.29, 0.717) is 17.4 Å². The molecule has 2 N–H and O–H groups in total. The van der Waals surface area contributed by atoms with E-state index < -0.39 is 26.6 Å². The summed E-state index contributed by atoms with van der Waals surface area (Å²) in [5.41, 5.74) is 0. The zero-order valence-corrected chi connectivity index (χ0v) is 44.3. The minimum Gasteiger partial charge on any atom is -0.756 e. The van der Waals surface area contributed by atoms with Gasteiger partial charge in [-0.2, -0.15) is 0 Å². The van der Waals surface area contributed by atoms with Crippen LogP contribution in [0, 0.1) is 0 Å². The monoisotopic (exact) mass is 935 g/mol. The first-order chi connectivity index (χ1) is 31.5. The van der Waals surface area contributed by atoms with Crippen molar-refractivity contribution in [2.75, 3.05) is 40.9 Å². The summed E-state index contributed by atoms with van der Waals surface area (Å²) in [6.45, 7) is 4.52. The van der Waals surface area contributed by atoms with Gasteiger partial charge >= 0.3 is 0 Å². The Hall–Kier alpha value is -1.54. The highest BCUT2D eigenvalue weighted by Gasteiger charge is 2.23. The normalized spacial score (nSPS) is 14.4. The molecule has 0 heterocycles. The molecule has 0 saturated heterocycles. The van der Waals surface area contributed by atoms with Crippen molar-refractivity contribution >= 4 is 13.7 Å². The van der Waals surface area contributed by atoms with E-state index in [0.717, 1.165) is 64.2 Å². The Labute approximate surface area is 403 Å². The lowest BCUT2D eigenvalue weighted by Gasteiger charge is -2.29. The summed E-state index contributed by atoms with van der Waals surface area (Å²) in [5.74, 6) is -0.226. The number of quaternary nitrogens is 1. The van der Waals surface area contributed by atoms with E-state index in [-0.39, 0.29) is 12.5 Å². The van der Waals surface area contributed by atoms with Gasteiger partial charge < -0.3 is 28.8 Å². The van der Waals surface area contributed by atoms with Crippen LogP contribution in [0.3, 0.4) is 0 Å². The standard InChI is InChI=1S/C56H107N2O6P/c1-6-8-10-12-14-16-18-20-21-22-23-24-25-26-27-28-29-30-31-32-33-34-35-36-38-39-41-43-45-47-49-55(59)54(53-64-65(61,62)63-52-51-58(3,4)5)57-56(60)50-48-46-44-42-40-37-19-17-15-13-11-9-7-2/h9,11,15,17,37,40,47,49,54-55,59H,6-8,10,12-14,16,18-36,38-39,41-46,48,50-53H2,1-5H3,(H-,57,60,61,62)/b11-9-,17-15-,40-37-,49-47+. The number of rotatable bonds is 50. The van der Waals surface area contributed by atoms with Crippen molar-refractivity contribution in [2.24, 2.45) is 0 Å². The van der Waals surface area contributed by atoms with Gasteiger partial charge in [0, 0.05) is 6.42 Å². The fraction of sp³-hybridized carbons (Fsp3) is 0.839. The number of unbranched alkanes of at least 4 members (excludes halogenated alkanes) is 31. The molecule has 382 valence electrons. The van der Waals surface area contributed by atoms with Crippen molar-refractivity contribution in [3.05, 3.63) is 48.6 Å². The highest BCUT2D eigenvalue weighted by Crippen LogP contribution is 2.38. The Bertz CT molecular complexity index is 1200. The Balaban J connectivity index is 4.12. The van der Waals surface area contributed by atoms with Crippen LogP contribution in [0.5, 0.6) is 0 Å². The van der Waals surface area contributed by atoms with Crippen LogP contribution in [0.4, 0.5) is 0 Å². The Morgan fingerprint density at radius 2 is 0.938 bits per heavy atom. The number of carbonyl (C=O) groups excluding carboxylic acids is 1. The molecule has 9 heteroatoms. The van der Waals surface area contributed by atoms with Gasteiger partial charge in [0.2, 0.25) is 5.91 Å². The van der Waals surface area contributed by atoms with Gasteiger partial charge in [-0.05, 0) is 51.4 Å². The SMILES string of the molecule is CC/C=C\C/C=C\C/C=C\CCCCCC(=O)NC(COP(=O)([O-])OCC[N+](C)(C)C)C(O)/C=C/CCCCCCCCCCCCCCCCCCCCCCCCCCCCCC. The predicted octanol–water partition coefficient (Wildman–Crippen LogP) is 15.7. The van der Waals surface area contributed by atoms with Crippen molar-refractivity contribution in [1.82, 2.24) is 5.32 Å². The van der Waals surface area contributed by atoms with Crippen LogP contribution in [0.2, 0.25) is 0 Å². The molecule has 0 aromatic heterocycles. The first-order valence-corrected chi connectivity index (χ1v) is 29.0. The highest BCUT2D eigenvalue weighted by atomic mass is 31.2. The summed E-state index contributed by atoms with van der Waals surface area (Å²) in [6.07, 6.45) is 62.1. The van der Waals surface area contributed by atoms with Crippen molar-refractivity contribution in [3.63, 3.8) is 0 Å². The van der Waals surface area contributed by atoms with E-state index in [1.807, 2.05) is 27.2 Å². The lowest BCUT2D eigenvalue weighted by Crippen LogP contribution is -2.45. The fourth-order valence-electron chi connectivity index (χ4n) is 7.99. The van der Waals surface area contributed by atoms with Crippen molar-refractivity contribution in [2.45, 2.75) is 264 Å². The van der Waals surface area contributed by atoms with Gasteiger partial charge in [0.05, 0.1) is 39.9 Å². The van der Waals surface area contributed by atoms with Crippen LogP contribution < -0.4 is 10.2 Å². The van der Waals surface area contributed by atoms with Gasteiger partial charge in [0.25, 0.3) is 7.82 Å². The van der Waals surface area contributed by atoms with Gasteiger partial charge in [0.1, 0.15) is 13.2 Å². The number of aliphatic hydroxyl groups is 1. The zero-order valence-electron chi connectivity index (χ0n) is 43.4. The van der Waals surface area contributed by atoms with Crippen molar-refractivity contribution < 1.29 is 32.9 Å². The molecule has 0 aliphatic rings. The zero-order chi connectivity index (χ0) is 47.8. The highest BCUT2D eigenvalue weighted by molar-refractivity contribution is 7.45. The van der Waals surface area contributed by atoms with Gasteiger partial charge in [0.15, 0.2) is 0 Å². The summed E-state index contributed by atoms with van der Waals surface area (Å²) in [5, 5.41) is 13.8. The molecule has 0 aliphatic carbocycles. The number of hydrogen-bond donors (Lipinski definition) is 2. The summed E-state index contributed by atoms with van der Waals surface area (Å²) < 4.78 is 23.3. The molecule has 0 fully saturated rings. The molecule has 0 aromatic carbocycles. The lowest BCUT2D eigenvalue weighted by atomic mass is 10.0. The van der Waals surface area contributed by atoms with Crippen molar-refractivity contribution in [1.29, 1.82) is 0 Å². The summed E-state index contributed by atoms with van der Waals surface area (Å²) in [4.78, 5) is 25.4. The largest absolute Gasteiger partial charge is 0.756 e. The predicted molar refractivity (Wildman–Crippen MR) is 279 cm³/mol. The molecule has 0 radical (unpaired) electrons. The summed E-state index contributed by atoms with van der Waals surface area (Å²) >= 11 is 0. The molecule has 0 saturated carbocycles. The molecule has 3 unspecified atom stereocenters. The van der Waals surface area contributed by atoms with E-state index in [2.05, 4.69) is 55.6 Å². The number of likely N-dealkylation sites (N-methyl/N-ethyl adjacent to an activating group) is 1. The molecule has 1 amide bonds. The van der Waals surface area contributed by atoms with Crippen LogP contribution >= 0.6 is 7.82 Å². The number of aliphatic hydroxyl groups excluding tert-OH is 1. The topological polar surface area (TPSA) is 108 Å². The second-order valence-corrected chi connectivity index (χ2v) is 21.3. The Kier molecular flexibility index (Phi) is 46.4. The van der Waals surface area contributed by atoms with Gasteiger partial charge in [-0.25, -0.2) is 0 Å². The third kappa shape index (κ3) is 50.2. The second-order valence-electron chi connectivity index (χ2n) is 19.9. The Morgan fingerprint density at radius 3 is 1.37 bits per heavy atom. The molecule has 0 rings (SSSR count). The average Bonchev–Trinajstić information content (AvgIpc) is 3.26. The minimum absolute atomic E-state index is 0.00797. The number of carbonyl (C=O) groups is 1. The molecule has 0 aliphatic heterocycles. The number of phosphoric acid groups is 1. The van der Waals surface area contributed by atoms with E-state index in [4.69, 9.17) is 9.05 Å². The molecule has 65 heavy (non-hydrogen) atoms. The average molecular weight is 935 g/mol. The first-order valence-electron chi connectivity index (χ1n) is 27.5. The molecule has 3 atom stereocenters. The molecule has 0 bridgehead atoms. The van der Waals surface area contributed by atoms with Crippen LogP contribution in [-0.2, 0) is 18.4 Å². The fourth-order valence-corrected chi connectivity index (χ4v) is 8.72. The number of amides is 1. The van der Waals surface area contributed by atoms with Gasteiger partial charge in [-0.15, -0.1) is 0 Å². The van der Waals surface area contributed by atoms with Gasteiger partial charge in [-0.3, -0.25) is 9.36 Å². The molecular weight excluding hydrogens is 828 g/mol. The maximum atomic E-state index is 12.9. The molecular formula is C56H107N2O6P. The number of allylic oxidation sites excluding steroid dienone is 7. The van der Waals surface area contributed by atoms with Crippen molar-refractivity contribution in [3.8, 4) is 0 Å². The maximum absolute atomic E-state index is 12.9. The van der Waals surface area contributed by atoms with E-state index >= 15 is 0 Å². The number of nitrogens with one attached hydrogen (secondary N) is 1. The van der Waals surface area contributed by atoms with E-state index in [1.54, 1.807) is 6.08 Å². The smallest absolute Gasteiger partial charge is 0.268 e.